The number of likely N-dealkylation sites (N-methyl/N-ethyl adjacent to an activating group) is 1. The van der Waals surface area contributed by atoms with Crippen molar-refractivity contribution in [2.45, 2.75) is 18.9 Å². The number of nitrogens with one attached hydrogen (secondary N) is 1. The van der Waals surface area contributed by atoms with Crippen LogP contribution in [0.4, 0.5) is 0 Å². The molecule has 0 bridgehead atoms. The smallest absolute Gasteiger partial charge is 0.236 e. The summed E-state index contributed by atoms with van der Waals surface area (Å²) in [5.41, 5.74) is 0. The highest BCUT2D eigenvalue weighted by atomic mass is 16.3. The number of piperidine rings is 1. The van der Waals surface area contributed by atoms with Crippen molar-refractivity contribution >= 4 is 5.91 Å². The molecule has 2 N–H and O–H groups in total. The molecule has 0 spiro atoms. The fourth-order valence-electron chi connectivity index (χ4n) is 1.44. The van der Waals surface area contributed by atoms with E-state index in [4.69, 9.17) is 0 Å². The first-order valence-corrected chi connectivity index (χ1v) is 4.34. The minimum absolute atomic E-state index is 0.0799. The number of rotatable bonds is 2. The van der Waals surface area contributed by atoms with Crippen LogP contribution < -0.4 is 5.32 Å². The van der Waals surface area contributed by atoms with Crippen molar-refractivity contribution in [2.75, 3.05) is 26.7 Å². The zero-order valence-corrected chi connectivity index (χ0v) is 7.42. The van der Waals surface area contributed by atoms with E-state index in [9.17, 15) is 9.90 Å². The van der Waals surface area contributed by atoms with Crippen LogP contribution in [-0.2, 0) is 4.79 Å². The summed E-state index contributed by atoms with van der Waals surface area (Å²) in [6.07, 6.45) is 1.42. The van der Waals surface area contributed by atoms with Crippen molar-refractivity contribution in [3.8, 4) is 0 Å². The highest BCUT2D eigenvalue weighted by molar-refractivity contribution is 5.78. The molecule has 1 saturated heterocycles. The Hall–Kier alpha value is -0.610. The highest BCUT2D eigenvalue weighted by Gasteiger charge is 2.20. The van der Waals surface area contributed by atoms with Crippen LogP contribution in [0.1, 0.15) is 12.8 Å². The lowest BCUT2D eigenvalue weighted by Crippen LogP contribution is -2.45. The molecule has 4 heteroatoms. The van der Waals surface area contributed by atoms with Crippen LogP contribution >= 0.6 is 0 Å². The van der Waals surface area contributed by atoms with Crippen molar-refractivity contribution in [3.63, 3.8) is 0 Å². The van der Waals surface area contributed by atoms with Gasteiger partial charge in [0.2, 0.25) is 5.91 Å². The van der Waals surface area contributed by atoms with Crippen LogP contribution in [0, 0.1) is 0 Å². The number of carbonyl (C=O) groups is 1. The van der Waals surface area contributed by atoms with Gasteiger partial charge in [0.05, 0.1) is 12.6 Å². The Bertz CT molecular complexity index is 161. The third kappa shape index (κ3) is 2.46. The van der Waals surface area contributed by atoms with Gasteiger partial charge in [-0.05, 0) is 19.9 Å². The number of nitrogens with zero attached hydrogens (tertiary/aromatic N) is 1. The molecule has 1 rings (SSSR count). The fraction of sp³-hybridized carbons (Fsp3) is 0.875. The Kier molecular flexibility index (Phi) is 3.49. The molecular weight excluding hydrogens is 156 g/mol. The van der Waals surface area contributed by atoms with E-state index < -0.39 is 0 Å². The maximum Gasteiger partial charge on any atom is 0.236 e. The number of amides is 1. The van der Waals surface area contributed by atoms with Gasteiger partial charge in [0.25, 0.3) is 0 Å². The van der Waals surface area contributed by atoms with Crippen molar-refractivity contribution in [1.82, 2.24) is 10.2 Å². The molecule has 0 radical (unpaired) electrons. The van der Waals surface area contributed by atoms with Gasteiger partial charge in [0.15, 0.2) is 0 Å². The Morgan fingerprint density at radius 1 is 1.75 bits per heavy atom. The molecule has 0 aromatic heterocycles. The van der Waals surface area contributed by atoms with Gasteiger partial charge in [-0.25, -0.2) is 0 Å². The van der Waals surface area contributed by atoms with Crippen molar-refractivity contribution in [2.24, 2.45) is 0 Å². The SMILES string of the molecule is CNCC(=O)N1CCC[C@@H](O)C1. The molecule has 1 aliphatic rings. The van der Waals surface area contributed by atoms with Gasteiger partial charge >= 0.3 is 0 Å². The number of likely N-dealkylation sites (tertiary alicyclic amines) is 1. The first-order chi connectivity index (χ1) is 5.74. The molecule has 0 aliphatic carbocycles. The minimum atomic E-state index is -0.320. The van der Waals surface area contributed by atoms with E-state index >= 15 is 0 Å². The standard InChI is InChI=1S/C8H16N2O2/c1-9-5-8(12)10-4-2-3-7(11)6-10/h7,9,11H,2-6H2,1H3/t7-/m1/s1. The van der Waals surface area contributed by atoms with Crippen LogP contribution in [0.2, 0.25) is 0 Å². The van der Waals surface area contributed by atoms with Crippen LogP contribution in [0.3, 0.4) is 0 Å². The van der Waals surface area contributed by atoms with E-state index in [2.05, 4.69) is 5.32 Å². The van der Waals surface area contributed by atoms with Gasteiger partial charge in [-0.15, -0.1) is 0 Å². The number of hydrogen-bond donors (Lipinski definition) is 2. The van der Waals surface area contributed by atoms with Crippen LogP contribution in [0.5, 0.6) is 0 Å². The molecule has 1 atom stereocenters. The first kappa shape index (κ1) is 9.48. The van der Waals surface area contributed by atoms with Crippen molar-refractivity contribution < 1.29 is 9.90 Å². The van der Waals surface area contributed by atoms with E-state index in [1.54, 1.807) is 11.9 Å². The lowest BCUT2D eigenvalue weighted by Gasteiger charge is -2.30. The average molecular weight is 172 g/mol. The van der Waals surface area contributed by atoms with Gasteiger partial charge in [-0.3, -0.25) is 4.79 Å². The largest absolute Gasteiger partial charge is 0.391 e. The lowest BCUT2D eigenvalue weighted by molar-refractivity contribution is -0.133. The molecule has 0 unspecified atom stereocenters. The van der Waals surface area contributed by atoms with E-state index in [0.29, 0.717) is 13.1 Å². The molecule has 0 saturated carbocycles. The number of β-amino-alcohol motifs (C(OH)–C–C–N with tert-alkyl or cyclic N) is 1. The molecule has 1 heterocycles. The number of aliphatic hydroxyl groups is 1. The molecule has 0 aromatic rings. The number of aliphatic hydroxyl groups excluding tert-OH is 1. The molecule has 1 aliphatic heterocycles. The molecule has 12 heavy (non-hydrogen) atoms. The van der Waals surface area contributed by atoms with Crippen LogP contribution in [0.15, 0.2) is 0 Å². The van der Waals surface area contributed by atoms with Crippen LogP contribution in [0.25, 0.3) is 0 Å². The maximum atomic E-state index is 11.3. The summed E-state index contributed by atoms with van der Waals surface area (Å²) in [6, 6.07) is 0. The summed E-state index contributed by atoms with van der Waals surface area (Å²) in [7, 11) is 1.75. The monoisotopic (exact) mass is 172 g/mol. The summed E-state index contributed by atoms with van der Waals surface area (Å²) in [4.78, 5) is 13.0. The molecule has 1 amide bonds. The van der Waals surface area contributed by atoms with Crippen molar-refractivity contribution in [3.05, 3.63) is 0 Å². The van der Waals surface area contributed by atoms with Crippen LogP contribution in [-0.4, -0.2) is 48.7 Å². The van der Waals surface area contributed by atoms with E-state index in [-0.39, 0.29) is 12.0 Å². The fourth-order valence-corrected chi connectivity index (χ4v) is 1.44. The van der Waals surface area contributed by atoms with E-state index in [0.717, 1.165) is 19.4 Å². The Morgan fingerprint density at radius 2 is 2.50 bits per heavy atom. The minimum Gasteiger partial charge on any atom is -0.391 e. The van der Waals surface area contributed by atoms with E-state index in [1.165, 1.54) is 0 Å². The third-order valence-electron chi connectivity index (χ3n) is 2.08. The Morgan fingerprint density at radius 3 is 3.08 bits per heavy atom. The molecule has 70 valence electrons. The number of hydrogen-bond acceptors (Lipinski definition) is 3. The predicted octanol–water partition coefficient (Wildman–Crippen LogP) is -0.811. The summed E-state index contributed by atoms with van der Waals surface area (Å²) in [5.74, 6) is 0.0799. The van der Waals surface area contributed by atoms with Gasteiger partial charge in [0.1, 0.15) is 0 Å². The summed E-state index contributed by atoms with van der Waals surface area (Å²) < 4.78 is 0. The molecule has 0 aromatic carbocycles. The third-order valence-corrected chi connectivity index (χ3v) is 2.08. The molecule has 4 nitrogen and oxygen atoms in total. The first-order valence-electron chi connectivity index (χ1n) is 4.34. The van der Waals surface area contributed by atoms with Gasteiger partial charge in [-0.2, -0.15) is 0 Å². The van der Waals surface area contributed by atoms with Gasteiger partial charge < -0.3 is 15.3 Å². The van der Waals surface area contributed by atoms with Gasteiger partial charge in [0, 0.05) is 13.1 Å². The predicted molar refractivity (Wildman–Crippen MR) is 45.7 cm³/mol. The van der Waals surface area contributed by atoms with Crippen molar-refractivity contribution in [1.29, 1.82) is 0 Å². The average Bonchev–Trinajstić information content (AvgIpc) is 2.05. The maximum absolute atomic E-state index is 11.3. The van der Waals surface area contributed by atoms with Gasteiger partial charge in [-0.1, -0.05) is 0 Å². The molecule has 1 fully saturated rings. The Balaban J connectivity index is 2.35. The normalized spacial score (nSPS) is 24.2. The Labute approximate surface area is 72.6 Å². The summed E-state index contributed by atoms with van der Waals surface area (Å²) in [5, 5.41) is 12.1. The quantitative estimate of drug-likeness (QED) is 0.573. The molecular formula is C8H16N2O2. The second-order valence-electron chi connectivity index (χ2n) is 3.17. The zero-order chi connectivity index (χ0) is 8.97. The summed E-state index contributed by atoms with van der Waals surface area (Å²) in [6.45, 7) is 1.66. The lowest BCUT2D eigenvalue weighted by atomic mass is 10.1. The second kappa shape index (κ2) is 4.42. The second-order valence-corrected chi connectivity index (χ2v) is 3.17. The number of carbonyl (C=O) groups excluding carboxylic acids is 1. The highest BCUT2D eigenvalue weighted by Crippen LogP contribution is 2.09. The zero-order valence-electron chi connectivity index (χ0n) is 7.42. The topological polar surface area (TPSA) is 52.6 Å². The van der Waals surface area contributed by atoms with E-state index in [1.807, 2.05) is 0 Å². The summed E-state index contributed by atoms with van der Waals surface area (Å²) >= 11 is 0.